The zero-order chi connectivity index (χ0) is 42.3. The third-order valence-electron chi connectivity index (χ3n) is 11.0. The number of rotatable bonds is 38. The number of aliphatic hydroxyl groups excluding tert-OH is 2. The number of ether oxygens (including phenoxy) is 2. The molecule has 0 saturated carbocycles. The molecule has 0 aliphatic carbocycles. The van der Waals surface area contributed by atoms with Crippen LogP contribution in [0.3, 0.4) is 0 Å². The second-order valence-electron chi connectivity index (χ2n) is 16.3. The normalized spacial score (nSPS) is 13.1. The van der Waals surface area contributed by atoms with Gasteiger partial charge in [0.15, 0.2) is 0 Å². The average molecular weight is 949 g/mol. The number of aliphatic hydroxyl groups is 2. The summed E-state index contributed by atoms with van der Waals surface area (Å²) in [6.45, 7) is 5.31. The molecule has 4 atom stereocenters. The van der Waals surface area contributed by atoms with Crippen molar-refractivity contribution < 1.29 is 39.5 Å². The Hall–Kier alpha value is -1.21. The van der Waals surface area contributed by atoms with Gasteiger partial charge in [-0.25, -0.2) is 0 Å². The molecule has 332 valence electrons. The summed E-state index contributed by atoms with van der Waals surface area (Å²) in [4.78, 5) is 21.2. The first-order valence-electron chi connectivity index (χ1n) is 23.3. The fourth-order valence-corrected chi connectivity index (χ4v) is 7.16. The Morgan fingerprint density at radius 1 is 0.458 bits per heavy atom. The van der Waals surface area contributed by atoms with E-state index < -0.39 is 11.9 Å². The second kappa shape index (κ2) is 42.1. The quantitative estimate of drug-likeness (QED) is 0.0501. The Morgan fingerprint density at radius 3 is 1.02 bits per heavy atom. The SMILES string of the molecule is CCC(O)CCCCCCCCCC(CCCCC(=O)[O-])OCc1ccccc1.CCC(O)CCCCCCCCCC(CCCCC(=O)[O-])OCc1ccccc1.[Ba+2]. The van der Waals surface area contributed by atoms with Gasteiger partial charge in [-0.05, 0) is 88.2 Å². The first-order valence-corrected chi connectivity index (χ1v) is 23.3. The minimum absolute atomic E-state index is 0. The van der Waals surface area contributed by atoms with E-state index in [1.807, 2.05) is 50.2 Å². The van der Waals surface area contributed by atoms with Crippen molar-refractivity contribution in [2.24, 2.45) is 0 Å². The van der Waals surface area contributed by atoms with Crippen LogP contribution in [0.4, 0.5) is 0 Å². The molecule has 2 aromatic rings. The number of hydrogen-bond donors (Lipinski definition) is 2. The van der Waals surface area contributed by atoms with Gasteiger partial charge in [0.1, 0.15) is 0 Å². The summed E-state index contributed by atoms with van der Waals surface area (Å²) in [5.74, 6) is -1.92. The minimum Gasteiger partial charge on any atom is -0.550 e. The molecule has 9 heteroatoms. The summed E-state index contributed by atoms with van der Waals surface area (Å²) in [6.07, 6.45) is 28.1. The van der Waals surface area contributed by atoms with Crippen molar-refractivity contribution in [1.82, 2.24) is 0 Å². The molecule has 0 amide bonds. The molecule has 0 aliphatic rings. The standard InChI is InChI=1S/2C25H42O4.Ba/c2*1-2-23(26)17-11-6-4-3-5-7-12-18-24(19-13-14-20-25(27)28)29-21-22-15-9-8-10-16-22;/h2*8-10,15-16,23-24,26H,2-7,11-14,17-21H2,1H3,(H,27,28);/q;;+2/p-2. The summed E-state index contributed by atoms with van der Waals surface area (Å²) in [5.41, 5.74) is 2.36. The summed E-state index contributed by atoms with van der Waals surface area (Å²) in [7, 11) is 0. The largest absolute Gasteiger partial charge is 2.00 e. The Labute approximate surface area is 400 Å². The second-order valence-corrected chi connectivity index (χ2v) is 16.3. The number of aliphatic carboxylic acids is 2. The predicted molar refractivity (Wildman–Crippen MR) is 238 cm³/mol. The van der Waals surface area contributed by atoms with Crippen LogP contribution in [0.2, 0.25) is 0 Å². The number of carbonyl (C=O) groups excluding carboxylic acids is 2. The van der Waals surface area contributed by atoms with Gasteiger partial charge in [-0.2, -0.15) is 0 Å². The number of hydrogen-bond acceptors (Lipinski definition) is 8. The van der Waals surface area contributed by atoms with E-state index in [2.05, 4.69) is 24.3 Å². The molecule has 0 heterocycles. The molecule has 59 heavy (non-hydrogen) atoms. The molecule has 0 radical (unpaired) electrons. The zero-order valence-corrected chi connectivity index (χ0v) is 41.8. The maximum Gasteiger partial charge on any atom is 2.00 e. The summed E-state index contributed by atoms with van der Waals surface area (Å²) in [6, 6.07) is 20.4. The van der Waals surface area contributed by atoms with Gasteiger partial charge in [0, 0.05) is 11.9 Å². The van der Waals surface area contributed by atoms with Gasteiger partial charge >= 0.3 is 48.9 Å². The van der Waals surface area contributed by atoms with E-state index in [0.717, 1.165) is 89.9 Å². The maximum atomic E-state index is 10.6. The van der Waals surface area contributed by atoms with Crippen molar-refractivity contribution in [1.29, 1.82) is 0 Å². The monoisotopic (exact) mass is 949 g/mol. The van der Waals surface area contributed by atoms with Crippen molar-refractivity contribution in [3.63, 3.8) is 0 Å². The van der Waals surface area contributed by atoms with Crippen molar-refractivity contribution in [2.75, 3.05) is 0 Å². The third kappa shape index (κ3) is 38.2. The zero-order valence-electron chi connectivity index (χ0n) is 37.3. The molecule has 0 spiro atoms. The van der Waals surface area contributed by atoms with Crippen LogP contribution >= 0.6 is 0 Å². The molecular formula is C50H82BaO8. The van der Waals surface area contributed by atoms with Crippen LogP contribution in [0.25, 0.3) is 0 Å². The number of carbonyl (C=O) groups is 2. The van der Waals surface area contributed by atoms with Gasteiger partial charge in [0.2, 0.25) is 0 Å². The number of carboxylic acids is 2. The van der Waals surface area contributed by atoms with E-state index in [0.29, 0.717) is 26.1 Å². The van der Waals surface area contributed by atoms with E-state index in [-0.39, 0.29) is 86.1 Å². The first kappa shape index (κ1) is 57.8. The molecule has 8 nitrogen and oxygen atoms in total. The molecule has 0 saturated heterocycles. The van der Waals surface area contributed by atoms with E-state index >= 15 is 0 Å². The van der Waals surface area contributed by atoms with Crippen LogP contribution in [0.5, 0.6) is 0 Å². The van der Waals surface area contributed by atoms with Crippen molar-refractivity contribution in [3.8, 4) is 0 Å². The Kier molecular flexibility index (Phi) is 41.2. The fourth-order valence-electron chi connectivity index (χ4n) is 7.16. The number of unbranched alkanes of at least 4 members (excludes halogenated alkanes) is 14. The van der Waals surface area contributed by atoms with Crippen LogP contribution in [0.15, 0.2) is 60.7 Å². The molecular weight excluding hydrogens is 866 g/mol. The van der Waals surface area contributed by atoms with Gasteiger partial charge in [-0.15, -0.1) is 0 Å². The summed E-state index contributed by atoms with van der Waals surface area (Å²) < 4.78 is 12.3. The summed E-state index contributed by atoms with van der Waals surface area (Å²) >= 11 is 0. The number of carboxylic acid groups (broad SMARTS) is 2. The van der Waals surface area contributed by atoms with Crippen LogP contribution in [0, 0.1) is 0 Å². The average Bonchev–Trinajstić information content (AvgIpc) is 3.23. The maximum absolute atomic E-state index is 10.6. The molecule has 0 aromatic heterocycles. The molecule has 0 aliphatic heterocycles. The molecule has 2 rings (SSSR count). The van der Waals surface area contributed by atoms with Crippen LogP contribution in [-0.4, -0.2) is 95.4 Å². The predicted octanol–water partition coefficient (Wildman–Crippen LogP) is 9.95. The Balaban J connectivity index is 0.00000112. The van der Waals surface area contributed by atoms with E-state index in [9.17, 15) is 30.0 Å². The van der Waals surface area contributed by atoms with Crippen LogP contribution in [0.1, 0.15) is 205 Å². The van der Waals surface area contributed by atoms with E-state index in [4.69, 9.17) is 9.47 Å². The van der Waals surface area contributed by atoms with Gasteiger partial charge in [0.05, 0.1) is 37.6 Å². The molecule has 0 fully saturated rings. The molecule has 4 unspecified atom stereocenters. The first-order chi connectivity index (χ1) is 28.2. The smallest absolute Gasteiger partial charge is 0.550 e. The molecule has 2 aromatic carbocycles. The van der Waals surface area contributed by atoms with Gasteiger partial charge in [-0.1, -0.05) is 177 Å². The van der Waals surface area contributed by atoms with Crippen molar-refractivity contribution in [2.45, 2.75) is 231 Å². The van der Waals surface area contributed by atoms with Crippen molar-refractivity contribution in [3.05, 3.63) is 71.8 Å². The van der Waals surface area contributed by atoms with E-state index in [1.165, 1.54) is 75.3 Å². The van der Waals surface area contributed by atoms with Crippen molar-refractivity contribution >= 4 is 60.8 Å². The number of benzene rings is 2. The Bertz CT molecular complexity index is 1110. The summed E-state index contributed by atoms with van der Waals surface area (Å²) in [5, 5.41) is 40.3. The van der Waals surface area contributed by atoms with Gasteiger partial charge < -0.3 is 39.5 Å². The van der Waals surface area contributed by atoms with E-state index in [1.54, 1.807) is 0 Å². The molecule has 0 bridgehead atoms. The minimum atomic E-state index is -0.962. The molecule has 2 N–H and O–H groups in total. The Morgan fingerprint density at radius 2 is 0.729 bits per heavy atom. The fraction of sp³-hybridized carbons (Fsp3) is 0.720. The van der Waals surface area contributed by atoms with Gasteiger partial charge in [-0.3, -0.25) is 0 Å². The van der Waals surface area contributed by atoms with Gasteiger partial charge in [0.25, 0.3) is 0 Å². The van der Waals surface area contributed by atoms with Crippen LogP contribution in [-0.2, 0) is 32.3 Å². The van der Waals surface area contributed by atoms with Crippen LogP contribution < -0.4 is 10.2 Å². The topological polar surface area (TPSA) is 139 Å². The third-order valence-corrected chi connectivity index (χ3v) is 11.0.